The molecule has 0 unspecified atom stereocenters. The largest absolute Gasteiger partial charge is 0.398 e. The number of nitrogens with two attached hydrogens (primary N) is 1. The van der Waals surface area contributed by atoms with Crippen LogP contribution in [0.4, 0.5) is 11.4 Å². The summed E-state index contributed by atoms with van der Waals surface area (Å²) in [4.78, 5) is 4.68. The van der Waals surface area contributed by atoms with Crippen molar-refractivity contribution in [2.45, 2.75) is 11.8 Å². The molecule has 0 saturated carbocycles. The van der Waals surface area contributed by atoms with Crippen LogP contribution in [0.2, 0.25) is 0 Å². The molecule has 6 nitrogen and oxygen atoms in total. The number of nitrogens with zero attached hydrogens (tertiary/aromatic N) is 3. The van der Waals surface area contributed by atoms with Crippen LogP contribution in [0.15, 0.2) is 23.1 Å². The number of rotatable bonds is 4. The molecular formula is C14H24N4O2S. The Morgan fingerprint density at radius 2 is 1.81 bits per heavy atom. The number of benzene rings is 1. The van der Waals surface area contributed by atoms with E-state index >= 15 is 0 Å². The first-order valence-corrected chi connectivity index (χ1v) is 8.60. The number of piperazine rings is 1. The maximum Gasteiger partial charge on any atom is 0.246 e. The first-order valence-electron chi connectivity index (χ1n) is 7.16. The Balaban J connectivity index is 2.40. The maximum absolute atomic E-state index is 12.5. The van der Waals surface area contributed by atoms with Gasteiger partial charge in [-0.3, -0.25) is 0 Å². The van der Waals surface area contributed by atoms with E-state index in [-0.39, 0.29) is 4.90 Å². The van der Waals surface area contributed by atoms with E-state index in [4.69, 9.17) is 5.73 Å². The molecule has 1 fully saturated rings. The molecule has 21 heavy (non-hydrogen) atoms. The van der Waals surface area contributed by atoms with Gasteiger partial charge in [-0.2, -0.15) is 0 Å². The minimum absolute atomic E-state index is 0.222. The highest BCUT2D eigenvalue weighted by Gasteiger charge is 2.28. The molecule has 0 amide bonds. The highest BCUT2D eigenvalue weighted by Crippen LogP contribution is 2.32. The monoisotopic (exact) mass is 312 g/mol. The van der Waals surface area contributed by atoms with E-state index in [2.05, 4.69) is 16.7 Å². The highest BCUT2D eigenvalue weighted by molar-refractivity contribution is 7.89. The lowest BCUT2D eigenvalue weighted by Gasteiger charge is -2.36. The first kappa shape index (κ1) is 16.1. The highest BCUT2D eigenvalue weighted by atomic mass is 32.2. The topological polar surface area (TPSA) is 69.9 Å². The molecule has 1 aliphatic rings. The average Bonchev–Trinajstić information content (AvgIpc) is 2.46. The Morgan fingerprint density at radius 1 is 1.19 bits per heavy atom. The van der Waals surface area contributed by atoms with Crippen molar-refractivity contribution in [3.8, 4) is 0 Å². The second kappa shape index (κ2) is 6.21. The van der Waals surface area contributed by atoms with Gasteiger partial charge in [-0.1, -0.05) is 13.0 Å². The number of hydrogen-bond acceptors (Lipinski definition) is 5. The zero-order valence-corrected chi connectivity index (χ0v) is 13.7. The molecule has 0 radical (unpaired) electrons. The summed E-state index contributed by atoms with van der Waals surface area (Å²) < 4.78 is 26.3. The molecule has 7 heteroatoms. The van der Waals surface area contributed by atoms with E-state index in [9.17, 15) is 8.42 Å². The molecule has 0 bridgehead atoms. The van der Waals surface area contributed by atoms with Crippen LogP contribution in [0.3, 0.4) is 0 Å². The molecule has 0 aromatic heterocycles. The predicted octanol–water partition coefficient (Wildman–Crippen LogP) is 0.661. The lowest BCUT2D eigenvalue weighted by Crippen LogP contribution is -2.46. The van der Waals surface area contributed by atoms with Crippen LogP contribution in [0.25, 0.3) is 0 Å². The molecule has 1 heterocycles. The van der Waals surface area contributed by atoms with Gasteiger partial charge in [0.15, 0.2) is 0 Å². The fraction of sp³-hybridized carbons (Fsp3) is 0.571. The molecule has 0 atom stereocenters. The second-order valence-corrected chi connectivity index (χ2v) is 7.49. The summed E-state index contributed by atoms with van der Waals surface area (Å²) in [5, 5.41) is 0. The fourth-order valence-corrected chi connectivity index (χ4v) is 3.75. The smallest absolute Gasteiger partial charge is 0.246 e. The SMILES string of the molecule is CCN1CCN(c2cccc(N)c2S(=O)(=O)N(C)C)CC1. The molecule has 1 aliphatic heterocycles. The third kappa shape index (κ3) is 3.14. The van der Waals surface area contributed by atoms with E-state index in [1.165, 1.54) is 18.4 Å². The van der Waals surface area contributed by atoms with Crippen LogP contribution in [0.5, 0.6) is 0 Å². The van der Waals surface area contributed by atoms with Crippen molar-refractivity contribution < 1.29 is 8.42 Å². The lowest BCUT2D eigenvalue weighted by molar-refractivity contribution is 0.271. The average molecular weight is 312 g/mol. The normalized spacial score (nSPS) is 17.4. The van der Waals surface area contributed by atoms with Crippen LogP contribution in [0, 0.1) is 0 Å². The summed E-state index contributed by atoms with van der Waals surface area (Å²) in [6, 6.07) is 5.29. The van der Waals surface area contributed by atoms with Gasteiger partial charge >= 0.3 is 0 Å². The third-order valence-electron chi connectivity index (χ3n) is 3.92. The number of anilines is 2. The van der Waals surface area contributed by atoms with E-state index in [0.29, 0.717) is 11.4 Å². The van der Waals surface area contributed by atoms with Crippen molar-refractivity contribution in [2.75, 3.05) is 57.5 Å². The number of nitrogen functional groups attached to an aromatic ring is 1. The molecule has 0 aliphatic carbocycles. The molecule has 1 saturated heterocycles. The minimum atomic E-state index is -3.55. The van der Waals surface area contributed by atoms with E-state index < -0.39 is 10.0 Å². The zero-order valence-electron chi connectivity index (χ0n) is 12.9. The number of sulfonamides is 1. The van der Waals surface area contributed by atoms with Crippen LogP contribution < -0.4 is 10.6 Å². The second-order valence-electron chi connectivity index (χ2n) is 5.40. The Hall–Kier alpha value is -1.31. The van der Waals surface area contributed by atoms with Crippen molar-refractivity contribution in [3.63, 3.8) is 0 Å². The standard InChI is InChI=1S/C14H24N4O2S/c1-4-17-8-10-18(11-9-17)13-7-5-6-12(15)14(13)21(19,20)16(2)3/h5-7H,4,8-11,15H2,1-3H3. The van der Waals surface area contributed by atoms with Crippen molar-refractivity contribution in [1.82, 2.24) is 9.21 Å². The van der Waals surface area contributed by atoms with E-state index in [0.717, 1.165) is 32.7 Å². The molecule has 0 spiro atoms. The van der Waals surface area contributed by atoms with Gasteiger partial charge in [-0.15, -0.1) is 0 Å². The van der Waals surface area contributed by atoms with Crippen LogP contribution >= 0.6 is 0 Å². The summed E-state index contributed by atoms with van der Waals surface area (Å²) >= 11 is 0. The molecule has 2 N–H and O–H groups in total. The summed E-state index contributed by atoms with van der Waals surface area (Å²) in [6.45, 7) is 6.66. The molecule has 1 aromatic rings. The van der Waals surface area contributed by atoms with Gasteiger partial charge in [0.1, 0.15) is 4.90 Å². The zero-order chi connectivity index (χ0) is 15.6. The van der Waals surface area contributed by atoms with Crippen molar-refractivity contribution in [3.05, 3.63) is 18.2 Å². The molecular weight excluding hydrogens is 288 g/mol. The Morgan fingerprint density at radius 3 is 2.33 bits per heavy atom. The van der Waals surface area contributed by atoms with Gasteiger partial charge in [0.2, 0.25) is 10.0 Å². The first-order chi connectivity index (χ1) is 9.87. The Kier molecular flexibility index (Phi) is 4.75. The lowest BCUT2D eigenvalue weighted by atomic mass is 10.2. The maximum atomic E-state index is 12.5. The molecule has 1 aromatic carbocycles. The molecule has 2 rings (SSSR count). The third-order valence-corrected chi connectivity index (χ3v) is 5.85. The van der Waals surface area contributed by atoms with Crippen LogP contribution in [-0.4, -0.2) is 64.4 Å². The van der Waals surface area contributed by atoms with Crippen molar-refractivity contribution in [1.29, 1.82) is 0 Å². The van der Waals surface area contributed by atoms with Crippen molar-refractivity contribution >= 4 is 21.4 Å². The summed E-state index contributed by atoms with van der Waals surface area (Å²) in [5.74, 6) is 0. The van der Waals surface area contributed by atoms with Crippen molar-refractivity contribution in [2.24, 2.45) is 0 Å². The fourth-order valence-electron chi connectivity index (χ4n) is 2.56. The van der Waals surface area contributed by atoms with Gasteiger partial charge < -0.3 is 15.5 Å². The van der Waals surface area contributed by atoms with E-state index in [1.807, 2.05) is 12.1 Å². The van der Waals surface area contributed by atoms with Gasteiger partial charge in [-0.25, -0.2) is 12.7 Å². The summed E-state index contributed by atoms with van der Waals surface area (Å²) in [6.07, 6.45) is 0. The number of hydrogen-bond donors (Lipinski definition) is 1. The minimum Gasteiger partial charge on any atom is -0.398 e. The van der Waals surface area contributed by atoms with Crippen LogP contribution in [0.1, 0.15) is 6.92 Å². The number of likely N-dealkylation sites (N-methyl/N-ethyl adjacent to an activating group) is 1. The summed E-state index contributed by atoms with van der Waals surface area (Å²) in [7, 11) is -0.497. The van der Waals surface area contributed by atoms with Gasteiger partial charge in [0.25, 0.3) is 0 Å². The van der Waals surface area contributed by atoms with Gasteiger partial charge in [0, 0.05) is 40.3 Å². The Labute approximate surface area is 127 Å². The quantitative estimate of drug-likeness (QED) is 0.827. The van der Waals surface area contributed by atoms with Gasteiger partial charge in [0.05, 0.1) is 11.4 Å². The van der Waals surface area contributed by atoms with Crippen LogP contribution in [-0.2, 0) is 10.0 Å². The predicted molar refractivity (Wildman–Crippen MR) is 86.1 cm³/mol. The summed E-state index contributed by atoms with van der Waals surface area (Å²) in [5.41, 5.74) is 6.98. The van der Waals surface area contributed by atoms with E-state index in [1.54, 1.807) is 6.07 Å². The van der Waals surface area contributed by atoms with Gasteiger partial charge in [-0.05, 0) is 18.7 Å². The Bertz CT molecular complexity index is 593. The molecule has 118 valence electrons.